The smallest absolute Gasteiger partial charge is 0.462 e. The van der Waals surface area contributed by atoms with Crippen LogP contribution in [-0.4, -0.2) is 49.3 Å². The third-order valence-electron chi connectivity index (χ3n) is 14.9. The van der Waals surface area contributed by atoms with Crippen LogP contribution < -0.4 is 5.73 Å². The molecule has 0 radical (unpaired) electrons. The van der Waals surface area contributed by atoms with Gasteiger partial charge in [-0.15, -0.1) is 0 Å². The maximum absolute atomic E-state index is 12.7. The Morgan fingerprint density at radius 3 is 0.888 bits per heavy atom. The second-order valence-electron chi connectivity index (χ2n) is 23.3. The Morgan fingerprint density at radius 1 is 0.337 bits per heavy atom. The van der Waals surface area contributed by atoms with Gasteiger partial charge in [-0.2, -0.15) is 0 Å². The molecule has 0 amide bonds. The van der Waals surface area contributed by atoms with E-state index >= 15 is 0 Å². The fourth-order valence-electron chi connectivity index (χ4n) is 9.68. The quantitative estimate of drug-likeness (QED) is 0.0264. The number of phosphoric acid groups is 1. The van der Waals surface area contributed by atoms with Gasteiger partial charge < -0.3 is 20.1 Å². The molecule has 0 rings (SSSR count). The zero-order valence-corrected chi connectivity index (χ0v) is 57.8. The lowest BCUT2D eigenvalue weighted by atomic mass is 10.0. The van der Waals surface area contributed by atoms with Crippen LogP contribution >= 0.6 is 7.82 Å². The molecular formula is C79H132NO8P. The van der Waals surface area contributed by atoms with Crippen molar-refractivity contribution in [1.82, 2.24) is 0 Å². The third-order valence-corrected chi connectivity index (χ3v) is 15.9. The van der Waals surface area contributed by atoms with E-state index in [4.69, 9.17) is 24.3 Å². The lowest BCUT2D eigenvalue weighted by Gasteiger charge is -2.19. The van der Waals surface area contributed by atoms with Crippen LogP contribution in [0.1, 0.15) is 296 Å². The van der Waals surface area contributed by atoms with Gasteiger partial charge in [0.25, 0.3) is 0 Å². The number of rotatable bonds is 66. The SMILES string of the molecule is CC/C=C\C/C=C\C/C=C\C/C=C\C/C=C\C/C=C\C/C=C\C/C=C\CCCCC(=O)OC(COC(=O)CCCCCCCCCCCCCCCCCCCCCCCCCCC/C=C\C/C=C\C/C=C\C/C=C\C/C=C\CC)COP(=O)(O)OCCN. The minimum Gasteiger partial charge on any atom is -0.462 e. The van der Waals surface area contributed by atoms with Gasteiger partial charge in [0.15, 0.2) is 6.10 Å². The summed E-state index contributed by atoms with van der Waals surface area (Å²) in [5, 5.41) is 0. The lowest BCUT2D eigenvalue weighted by molar-refractivity contribution is -0.161. The summed E-state index contributed by atoms with van der Waals surface area (Å²) in [6.45, 7) is 3.47. The normalized spacial score (nSPS) is 13.9. The van der Waals surface area contributed by atoms with Crippen LogP contribution in [-0.2, 0) is 32.7 Å². The molecule has 0 bridgehead atoms. The lowest BCUT2D eigenvalue weighted by Crippen LogP contribution is -2.29. The van der Waals surface area contributed by atoms with Crippen molar-refractivity contribution < 1.29 is 37.6 Å². The monoisotopic (exact) mass is 1250 g/mol. The van der Waals surface area contributed by atoms with E-state index in [0.717, 1.165) is 116 Å². The standard InChI is InChI=1S/C79H132NO8P/c1-3-5-7-9-11-13-15-17-19-21-23-25-27-29-31-32-33-34-35-36-37-38-39-40-41-42-43-44-46-47-49-51-53-55-57-59-61-63-65-67-69-71-78(81)85-75-77(76-87-89(83,84)86-74-73-80)88-79(82)72-70-68-66-64-62-60-58-56-54-52-50-48-45-30-28-26-24-22-20-18-16-14-12-10-8-6-4-2/h5-8,11-14,17-20,23-26,29-31,45,50,52,56,58,62,64,77H,3-4,9-10,15-16,21-22,27-28,32-44,46-49,51,53-55,57,59-61,63,65-76,80H2,1-2H3,(H,83,84)/b7-5-,8-6-,13-11-,14-12-,19-17-,20-18-,25-23-,26-24-,31-29-,45-30-,52-50-,58-56-,64-62-. The van der Waals surface area contributed by atoms with E-state index < -0.39 is 32.5 Å². The molecule has 0 aromatic rings. The Morgan fingerprint density at radius 2 is 0.584 bits per heavy atom. The van der Waals surface area contributed by atoms with Gasteiger partial charge in [-0.25, -0.2) is 4.57 Å². The first-order chi connectivity index (χ1) is 43.8. The van der Waals surface area contributed by atoms with Crippen LogP contribution in [0.3, 0.4) is 0 Å². The number of hydrogen-bond donors (Lipinski definition) is 2. The summed E-state index contributed by atoms with van der Waals surface area (Å²) in [7, 11) is -4.42. The molecule has 0 aromatic carbocycles. The Balaban J connectivity index is 3.89. The number of phosphoric ester groups is 1. The first-order valence-electron chi connectivity index (χ1n) is 36.0. The summed E-state index contributed by atoms with van der Waals surface area (Å²) in [6.07, 6.45) is 106. The Kier molecular flexibility index (Phi) is 69.1. The highest BCUT2D eigenvalue weighted by molar-refractivity contribution is 7.47. The first kappa shape index (κ1) is 84.6. The van der Waals surface area contributed by atoms with Gasteiger partial charge in [0.05, 0.1) is 13.2 Å². The van der Waals surface area contributed by atoms with E-state index in [1.165, 1.54) is 148 Å². The van der Waals surface area contributed by atoms with Crippen molar-refractivity contribution in [1.29, 1.82) is 0 Å². The minimum atomic E-state index is -4.42. The summed E-state index contributed by atoms with van der Waals surface area (Å²) >= 11 is 0. The van der Waals surface area contributed by atoms with Gasteiger partial charge in [-0.3, -0.25) is 18.6 Å². The van der Waals surface area contributed by atoms with E-state index in [0.29, 0.717) is 6.42 Å². The van der Waals surface area contributed by atoms with Crippen molar-refractivity contribution >= 4 is 19.8 Å². The molecule has 0 heterocycles. The number of ether oxygens (including phenoxy) is 2. The Hall–Kier alpha value is -4.37. The second-order valence-corrected chi connectivity index (χ2v) is 24.8. The van der Waals surface area contributed by atoms with Crippen LogP contribution in [0.15, 0.2) is 158 Å². The Labute approximate surface area is 547 Å². The van der Waals surface area contributed by atoms with Gasteiger partial charge >= 0.3 is 19.8 Å². The number of nitrogens with two attached hydrogens (primary N) is 1. The predicted molar refractivity (Wildman–Crippen MR) is 385 cm³/mol. The summed E-state index contributed by atoms with van der Waals surface area (Å²) in [6, 6.07) is 0. The van der Waals surface area contributed by atoms with Crippen LogP contribution in [0.2, 0.25) is 0 Å². The minimum absolute atomic E-state index is 0.0398. The van der Waals surface area contributed by atoms with Crippen molar-refractivity contribution in [2.45, 2.75) is 302 Å². The molecular weight excluding hydrogens is 1120 g/mol. The van der Waals surface area contributed by atoms with E-state index in [1.54, 1.807) is 0 Å². The molecule has 0 aliphatic carbocycles. The molecule has 0 saturated carbocycles. The predicted octanol–water partition coefficient (Wildman–Crippen LogP) is 24.0. The number of carbonyl (C=O) groups excluding carboxylic acids is 2. The topological polar surface area (TPSA) is 134 Å². The van der Waals surface area contributed by atoms with Crippen LogP contribution in [0.25, 0.3) is 0 Å². The number of carbonyl (C=O) groups is 2. The summed E-state index contributed by atoms with van der Waals surface area (Å²) < 4.78 is 33.1. The first-order valence-corrected chi connectivity index (χ1v) is 37.5. The van der Waals surface area contributed by atoms with Crippen molar-refractivity contribution in [3.8, 4) is 0 Å². The summed E-state index contributed by atoms with van der Waals surface area (Å²) in [5.74, 6) is -0.879. The van der Waals surface area contributed by atoms with Gasteiger partial charge in [-0.1, -0.05) is 320 Å². The summed E-state index contributed by atoms with van der Waals surface area (Å²) in [5.41, 5.74) is 5.40. The molecule has 0 aliphatic rings. The molecule has 0 fully saturated rings. The van der Waals surface area contributed by atoms with Gasteiger partial charge in [-0.05, 0) is 122 Å². The number of hydrogen-bond acceptors (Lipinski definition) is 8. The second kappa shape index (κ2) is 72.7. The number of esters is 2. The third kappa shape index (κ3) is 72.6. The van der Waals surface area contributed by atoms with E-state index in [-0.39, 0.29) is 32.6 Å². The van der Waals surface area contributed by atoms with E-state index in [9.17, 15) is 19.0 Å². The zero-order chi connectivity index (χ0) is 64.4. The Bertz CT molecular complexity index is 2020. The van der Waals surface area contributed by atoms with Gasteiger partial charge in [0, 0.05) is 19.4 Å². The van der Waals surface area contributed by atoms with E-state index in [1.807, 2.05) is 0 Å². The molecule has 9 nitrogen and oxygen atoms in total. The molecule has 10 heteroatoms. The zero-order valence-electron chi connectivity index (χ0n) is 56.9. The molecule has 0 spiro atoms. The van der Waals surface area contributed by atoms with Gasteiger partial charge in [0.1, 0.15) is 6.61 Å². The maximum atomic E-state index is 12.7. The molecule has 0 aromatic heterocycles. The summed E-state index contributed by atoms with van der Waals surface area (Å²) in [4.78, 5) is 35.3. The van der Waals surface area contributed by atoms with Crippen LogP contribution in [0, 0.1) is 0 Å². The average Bonchev–Trinajstić information content (AvgIpc) is 3.64. The van der Waals surface area contributed by atoms with Crippen molar-refractivity contribution in [3.05, 3.63) is 158 Å². The molecule has 89 heavy (non-hydrogen) atoms. The number of allylic oxidation sites excluding steroid dienone is 26. The fraction of sp³-hybridized carbons (Fsp3) is 0.646. The molecule has 3 N–H and O–H groups in total. The van der Waals surface area contributed by atoms with Gasteiger partial charge in [0.2, 0.25) is 0 Å². The highest BCUT2D eigenvalue weighted by Crippen LogP contribution is 2.43. The maximum Gasteiger partial charge on any atom is 0.472 e. The molecule has 2 unspecified atom stereocenters. The largest absolute Gasteiger partial charge is 0.472 e. The fourth-order valence-corrected chi connectivity index (χ4v) is 10.4. The van der Waals surface area contributed by atoms with Crippen LogP contribution in [0.4, 0.5) is 0 Å². The number of unbranched alkanes of at least 4 members (excludes halogenated alkanes) is 27. The average molecular weight is 1250 g/mol. The highest BCUT2D eigenvalue weighted by atomic mass is 31.2. The van der Waals surface area contributed by atoms with E-state index in [2.05, 4.69) is 172 Å². The highest BCUT2D eigenvalue weighted by Gasteiger charge is 2.26. The molecule has 506 valence electrons. The van der Waals surface area contributed by atoms with Crippen molar-refractivity contribution in [2.24, 2.45) is 5.73 Å². The van der Waals surface area contributed by atoms with Crippen LogP contribution in [0.5, 0.6) is 0 Å². The van der Waals surface area contributed by atoms with Crippen molar-refractivity contribution in [3.63, 3.8) is 0 Å². The molecule has 0 saturated heterocycles. The van der Waals surface area contributed by atoms with Crippen molar-refractivity contribution in [2.75, 3.05) is 26.4 Å². The molecule has 0 aliphatic heterocycles. The molecule has 2 atom stereocenters.